The SMILES string of the molecule is O=C(c1cnc(Nc2ccc(Cl)c(Cl)c2)cn1)N1CCCc2ccccc21. The first-order valence-electron chi connectivity index (χ1n) is 8.56. The minimum Gasteiger partial charge on any atom is -0.339 e. The Morgan fingerprint density at radius 1 is 1.04 bits per heavy atom. The second-order valence-corrected chi connectivity index (χ2v) is 7.04. The van der Waals surface area contributed by atoms with Gasteiger partial charge in [-0.15, -0.1) is 0 Å². The fourth-order valence-corrected chi connectivity index (χ4v) is 3.41. The molecule has 3 aromatic rings. The number of benzene rings is 2. The molecule has 2 aromatic carbocycles. The maximum atomic E-state index is 12.9. The Hall–Kier alpha value is -2.63. The molecule has 5 nitrogen and oxygen atoms in total. The second kappa shape index (κ2) is 7.55. The van der Waals surface area contributed by atoms with E-state index in [-0.39, 0.29) is 5.91 Å². The van der Waals surface area contributed by atoms with Gasteiger partial charge in [0.2, 0.25) is 0 Å². The van der Waals surface area contributed by atoms with Crippen LogP contribution in [0.15, 0.2) is 54.9 Å². The van der Waals surface area contributed by atoms with Crippen molar-refractivity contribution in [2.45, 2.75) is 12.8 Å². The molecule has 136 valence electrons. The van der Waals surface area contributed by atoms with Crippen LogP contribution in [0.2, 0.25) is 10.0 Å². The first-order chi connectivity index (χ1) is 13.1. The third-order valence-electron chi connectivity index (χ3n) is 4.42. The van der Waals surface area contributed by atoms with Gasteiger partial charge in [-0.1, -0.05) is 41.4 Å². The van der Waals surface area contributed by atoms with Crippen molar-refractivity contribution < 1.29 is 4.79 Å². The van der Waals surface area contributed by atoms with Crippen molar-refractivity contribution in [2.24, 2.45) is 0 Å². The maximum absolute atomic E-state index is 12.9. The van der Waals surface area contributed by atoms with Crippen molar-refractivity contribution in [3.05, 3.63) is 76.2 Å². The molecule has 27 heavy (non-hydrogen) atoms. The van der Waals surface area contributed by atoms with Crippen molar-refractivity contribution in [1.82, 2.24) is 9.97 Å². The lowest BCUT2D eigenvalue weighted by Gasteiger charge is -2.29. The predicted molar refractivity (Wildman–Crippen MR) is 108 cm³/mol. The topological polar surface area (TPSA) is 58.1 Å². The number of nitrogens with zero attached hydrogens (tertiary/aromatic N) is 3. The molecular formula is C20H16Cl2N4O. The van der Waals surface area contributed by atoms with E-state index in [0.717, 1.165) is 24.2 Å². The summed E-state index contributed by atoms with van der Waals surface area (Å²) in [7, 11) is 0. The fraction of sp³-hybridized carbons (Fsp3) is 0.150. The highest BCUT2D eigenvalue weighted by Crippen LogP contribution is 2.28. The lowest BCUT2D eigenvalue weighted by molar-refractivity contribution is 0.0980. The number of carbonyl (C=O) groups excluding carboxylic acids is 1. The quantitative estimate of drug-likeness (QED) is 0.664. The molecule has 0 fully saturated rings. The largest absolute Gasteiger partial charge is 0.339 e. The van der Waals surface area contributed by atoms with E-state index in [9.17, 15) is 4.79 Å². The van der Waals surface area contributed by atoms with Gasteiger partial charge in [0, 0.05) is 17.9 Å². The molecule has 1 N–H and O–H groups in total. The number of anilines is 3. The number of aryl methyl sites for hydroxylation is 1. The van der Waals surface area contributed by atoms with Crippen LogP contribution in [0.5, 0.6) is 0 Å². The van der Waals surface area contributed by atoms with Gasteiger partial charge in [0.05, 0.1) is 22.4 Å². The number of hydrogen-bond donors (Lipinski definition) is 1. The monoisotopic (exact) mass is 398 g/mol. The van der Waals surface area contributed by atoms with Gasteiger partial charge in [-0.25, -0.2) is 9.97 Å². The van der Waals surface area contributed by atoms with Crippen LogP contribution in [0.1, 0.15) is 22.5 Å². The van der Waals surface area contributed by atoms with E-state index in [2.05, 4.69) is 21.4 Å². The summed E-state index contributed by atoms with van der Waals surface area (Å²) in [4.78, 5) is 23.2. The average Bonchev–Trinajstić information content (AvgIpc) is 2.70. The van der Waals surface area contributed by atoms with Crippen LogP contribution in [-0.4, -0.2) is 22.4 Å². The van der Waals surface area contributed by atoms with Gasteiger partial charge in [-0.05, 0) is 42.7 Å². The first-order valence-corrected chi connectivity index (χ1v) is 9.31. The molecular weight excluding hydrogens is 383 g/mol. The van der Waals surface area contributed by atoms with Gasteiger partial charge in [-0.3, -0.25) is 4.79 Å². The van der Waals surface area contributed by atoms with Crippen molar-refractivity contribution in [2.75, 3.05) is 16.8 Å². The van der Waals surface area contributed by atoms with Crippen LogP contribution in [0.4, 0.5) is 17.2 Å². The minimum atomic E-state index is -0.143. The van der Waals surface area contributed by atoms with Crippen LogP contribution in [0.3, 0.4) is 0 Å². The summed E-state index contributed by atoms with van der Waals surface area (Å²) in [5, 5.41) is 4.02. The summed E-state index contributed by atoms with van der Waals surface area (Å²) in [6.07, 6.45) is 4.94. The van der Waals surface area contributed by atoms with E-state index in [1.54, 1.807) is 23.1 Å². The molecule has 0 spiro atoms. The zero-order chi connectivity index (χ0) is 18.8. The van der Waals surface area contributed by atoms with Crippen LogP contribution in [0, 0.1) is 0 Å². The number of para-hydroxylation sites is 1. The Bertz CT molecular complexity index is 992. The van der Waals surface area contributed by atoms with E-state index in [0.29, 0.717) is 28.1 Å². The van der Waals surface area contributed by atoms with Crippen molar-refractivity contribution in [1.29, 1.82) is 0 Å². The summed E-state index contributed by atoms with van der Waals surface area (Å²) >= 11 is 11.9. The van der Waals surface area contributed by atoms with Gasteiger partial charge in [0.1, 0.15) is 11.5 Å². The normalized spacial score (nSPS) is 13.2. The molecule has 2 heterocycles. The molecule has 0 radical (unpaired) electrons. The molecule has 0 saturated heterocycles. The van der Waals surface area contributed by atoms with Crippen LogP contribution in [0.25, 0.3) is 0 Å². The predicted octanol–water partition coefficient (Wildman–Crippen LogP) is 5.12. The highest BCUT2D eigenvalue weighted by Gasteiger charge is 2.24. The Kier molecular flexibility index (Phi) is 4.97. The second-order valence-electron chi connectivity index (χ2n) is 6.23. The molecule has 1 aliphatic heterocycles. The highest BCUT2D eigenvalue weighted by atomic mass is 35.5. The van der Waals surface area contributed by atoms with Gasteiger partial charge >= 0.3 is 0 Å². The summed E-state index contributed by atoms with van der Waals surface area (Å²) in [6.45, 7) is 0.681. The number of hydrogen-bond acceptors (Lipinski definition) is 4. The third-order valence-corrected chi connectivity index (χ3v) is 5.16. The number of halogens is 2. The maximum Gasteiger partial charge on any atom is 0.278 e. The smallest absolute Gasteiger partial charge is 0.278 e. The summed E-state index contributed by atoms with van der Waals surface area (Å²) < 4.78 is 0. The molecule has 7 heteroatoms. The first kappa shape index (κ1) is 17.8. The van der Waals surface area contributed by atoms with E-state index in [4.69, 9.17) is 23.2 Å². The van der Waals surface area contributed by atoms with E-state index in [1.165, 1.54) is 18.0 Å². The number of nitrogens with one attached hydrogen (secondary N) is 1. The van der Waals surface area contributed by atoms with Crippen LogP contribution in [-0.2, 0) is 6.42 Å². The molecule has 0 aliphatic carbocycles. The number of aromatic nitrogens is 2. The Morgan fingerprint density at radius 3 is 2.67 bits per heavy atom. The van der Waals surface area contributed by atoms with Gasteiger partial charge in [0.15, 0.2) is 0 Å². The summed E-state index contributed by atoms with van der Waals surface area (Å²) in [5.74, 6) is 0.375. The van der Waals surface area contributed by atoms with Crippen molar-refractivity contribution >= 4 is 46.3 Å². The van der Waals surface area contributed by atoms with Crippen molar-refractivity contribution in [3.8, 4) is 0 Å². The minimum absolute atomic E-state index is 0.143. The molecule has 4 rings (SSSR count). The lowest BCUT2D eigenvalue weighted by Crippen LogP contribution is -2.36. The molecule has 0 saturated carbocycles. The molecule has 0 atom stereocenters. The van der Waals surface area contributed by atoms with Crippen LogP contribution < -0.4 is 10.2 Å². The molecule has 1 aliphatic rings. The number of fused-ring (bicyclic) bond motifs is 1. The summed E-state index contributed by atoms with van der Waals surface area (Å²) in [6, 6.07) is 13.2. The zero-order valence-corrected chi connectivity index (χ0v) is 15.8. The van der Waals surface area contributed by atoms with Gasteiger partial charge in [-0.2, -0.15) is 0 Å². The van der Waals surface area contributed by atoms with Gasteiger partial charge in [0.25, 0.3) is 5.91 Å². The average molecular weight is 399 g/mol. The van der Waals surface area contributed by atoms with E-state index >= 15 is 0 Å². The Balaban J connectivity index is 1.52. The zero-order valence-electron chi connectivity index (χ0n) is 14.3. The van der Waals surface area contributed by atoms with E-state index < -0.39 is 0 Å². The third kappa shape index (κ3) is 3.75. The van der Waals surface area contributed by atoms with Crippen LogP contribution >= 0.6 is 23.2 Å². The molecule has 1 aromatic heterocycles. The molecule has 1 amide bonds. The number of amides is 1. The van der Waals surface area contributed by atoms with Crippen molar-refractivity contribution in [3.63, 3.8) is 0 Å². The highest BCUT2D eigenvalue weighted by molar-refractivity contribution is 6.42. The molecule has 0 unspecified atom stereocenters. The Labute approximate surface area is 167 Å². The Morgan fingerprint density at radius 2 is 1.89 bits per heavy atom. The molecule has 0 bridgehead atoms. The fourth-order valence-electron chi connectivity index (χ4n) is 3.11. The van der Waals surface area contributed by atoms with Gasteiger partial charge < -0.3 is 10.2 Å². The standard InChI is InChI=1S/C20H16Cl2N4O/c21-15-8-7-14(10-16(15)22)25-19-12-23-17(11-24-19)20(27)26-9-3-5-13-4-1-2-6-18(13)26/h1-2,4,6-8,10-12H,3,5,9H2,(H,24,25). The lowest BCUT2D eigenvalue weighted by atomic mass is 10.0. The summed E-state index contributed by atoms with van der Waals surface area (Å²) in [5.41, 5.74) is 3.19. The number of carbonyl (C=O) groups is 1. The van der Waals surface area contributed by atoms with E-state index in [1.807, 2.05) is 18.2 Å². The number of rotatable bonds is 3.